The SMILES string of the molecule is Cc1cccc(CN2CCCC3(CN(Cc4cccnc4N)CC(F)(F)C3)C2=O)n1.O=C(O)C(F)(F)F.O=C(O)C(F)(F)F.O=C(O)C(F)(F)F. The van der Waals surface area contributed by atoms with E-state index in [1.165, 1.54) is 0 Å². The Morgan fingerprint density at radius 3 is 1.80 bits per heavy atom. The van der Waals surface area contributed by atoms with Crippen molar-refractivity contribution >= 4 is 29.6 Å². The Bertz CT molecular complexity index is 1460. The minimum Gasteiger partial charge on any atom is -0.475 e. The number of likely N-dealkylation sites (tertiary alicyclic amines) is 2. The van der Waals surface area contributed by atoms with Gasteiger partial charge in [0, 0.05) is 43.5 Å². The summed E-state index contributed by atoms with van der Waals surface area (Å²) in [6, 6.07) is 9.20. The Morgan fingerprint density at radius 1 is 0.843 bits per heavy atom. The number of anilines is 1. The fourth-order valence-electron chi connectivity index (χ4n) is 4.85. The molecule has 1 atom stereocenters. The van der Waals surface area contributed by atoms with Crippen molar-refractivity contribution in [1.29, 1.82) is 0 Å². The summed E-state index contributed by atoms with van der Waals surface area (Å²) < 4.78 is 125. The summed E-state index contributed by atoms with van der Waals surface area (Å²) in [5.41, 5.74) is 7.19. The molecule has 4 rings (SSSR count). The topological polar surface area (TPSA) is 187 Å². The zero-order chi connectivity index (χ0) is 39.6. The predicted octanol–water partition coefficient (Wildman–Crippen LogP) is 4.92. The summed E-state index contributed by atoms with van der Waals surface area (Å²) in [6.45, 7) is 2.99. The van der Waals surface area contributed by atoms with Gasteiger partial charge in [-0.2, -0.15) is 39.5 Å². The zero-order valence-electron chi connectivity index (χ0n) is 26.1. The van der Waals surface area contributed by atoms with Gasteiger partial charge in [0.1, 0.15) is 5.82 Å². The Balaban J connectivity index is 0.000000505. The number of hydrogen-bond acceptors (Lipinski definition) is 8. The highest BCUT2D eigenvalue weighted by Gasteiger charge is 2.55. The number of alkyl halides is 11. The molecule has 5 N–H and O–H groups in total. The van der Waals surface area contributed by atoms with Crippen LogP contribution in [0.15, 0.2) is 36.5 Å². The first kappa shape index (κ1) is 44.2. The maximum Gasteiger partial charge on any atom is 0.490 e. The van der Waals surface area contributed by atoms with Gasteiger partial charge in [0.2, 0.25) is 5.91 Å². The average molecular weight is 758 g/mol. The van der Waals surface area contributed by atoms with Gasteiger partial charge in [-0.1, -0.05) is 12.1 Å². The number of halogens is 11. The minimum atomic E-state index is -5.08. The van der Waals surface area contributed by atoms with Crippen molar-refractivity contribution in [2.24, 2.45) is 5.41 Å². The van der Waals surface area contributed by atoms with Crippen LogP contribution in [0.25, 0.3) is 0 Å². The van der Waals surface area contributed by atoms with Crippen LogP contribution in [0, 0.1) is 12.3 Å². The lowest BCUT2D eigenvalue weighted by Gasteiger charge is -2.49. The molecular weight excluding hydrogens is 727 g/mol. The molecule has 2 aliphatic rings. The van der Waals surface area contributed by atoms with Crippen LogP contribution >= 0.6 is 0 Å². The summed E-state index contributed by atoms with van der Waals surface area (Å²) in [5, 5.41) is 21.4. The number of amides is 1. The smallest absolute Gasteiger partial charge is 0.475 e. The van der Waals surface area contributed by atoms with Crippen molar-refractivity contribution in [1.82, 2.24) is 19.8 Å². The number of carboxylic acids is 3. The molecule has 2 aromatic heterocycles. The Labute approximate surface area is 280 Å². The van der Waals surface area contributed by atoms with E-state index in [0.29, 0.717) is 43.9 Å². The van der Waals surface area contributed by atoms with Gasteiger partial charge in [-0.25, -0.2) is 28.1 Å². The first-order valence-corrected chi connectivity index (χ1v) is 14.0. The molecule has 286 valence electrons. The first-order chi connectivity index (χ1) is 23.1. The van der Waals surface area contributed by atoms with Gasteiger partial charge in [-0.05, 0) is 38.0 Å². The maximum absolute atomic E-state index is 14.8. The Kier molecular flexibility index (Phi) is 15.1. The van der Waals surface area contributed by atoms with Crippen molar-refractivity contribution in [3.8, 4) is 0 Å². The maximum atomic E-state index is 14.8. The van der Waals surface area contributed by atoms with Gasteiger partial charge >= 0.3 is 36.4 Å². The molecule has 0 bridgehead atoms. The number of rotatable bonds is 4. The summed E-state index contributed by atoms with van der Waals surface area (Å²) in [4.78, 5) is 52.0. The van der Waals surface area contributed by atoms with E-state index < -0.39 is 54.2 Å². The van der Waals surface area contributed by atoms with Crippen molar-refractivity contribution in [3.63, 3.8) is 0 Å². The van der Waals surface area contributed by atoms with E-state index >= 15 is 0 Å². The number of nitrogens with zero attached hydrogens (tertiary/aromatic N) is 4. The number of carbonyl (C=O) groups excluding carboxylic acids is 1. The molecule has 1 spiro atoms. The molecule has 2 aliphatic heterocycles. The molecule has 4 heterocycles. The normalized spacial score (nSPS) is 19.0. The Hall–Kier alpha value is -4.83. The third kappa shape index (κ3) is 14.9. The summed E-state index contributed by atoms with van der Waals surface area (Å²) in [6.07, 6.45) is -12.9. The highest BCUT2D eigenvalue weighted by Crippen LogP contribution is 2.45. The molecular formula is C28H30F11N5O7. The molecule has 0 aliphatic carbocycles. The number of aromatic nitrogens is 2. The zero-order valence-corrected chi connectivity index (χ0v) is 26.1. The van der Waals surface area contributed by atoms with Crippen molar-refractivity contribution in [2.75, 3.05) is 25.4 Å². The highest BCUT2D eigenvalue weighted by molar-refractivity contribution is 5.84. The Morgan fingerprint density at radius 2 is 1.35 bits per heavy atom. The fourth-order valence-corrected chi connectivity index (χ4v) is 4.85. The van der Waals surface area contributed by atoms with Crippen molar-refractivity contribution in [2.45, 2.75) is 63.7 Å². The molecule has 12 nitrogen and oxygen atoms in total. The fraction of sp³-hybridized carbons (Fsp3) is 0.500. The third-order valence-electron chi connectivity index (χ3n) is 6.75. The van der Waals surface area contributed by atoms with E-state index in [1.54, 1.807) is 28.1 Å². The number of pyridine rings is 2. The summed E-state index contributed by atoms with van der Waals surface area (Å²) >= 11 is 0. The van der Waals surface area contributed by atoms with E-state index in [-0.39, 0.29) is 19.0 Å². The molecule has 0 saturated carbocycles. The van der Waals surface area contributed by atoms with E-state index in [0.717, 1.165) is 11.4 Å². The number of aliphatic carboxylic acids is 3. The number of carboxylic acid groups (broad SMARTS) is 3. The van der Waals surface area contributed by atoms with E-state index in [9.17, 15) is 53.1 Å². The van der Waals surface area contributed by atoms with E-state index in [1.807, 2.05) is 25.1 Å². The first-order valence-electron chi connectivity index (χ1n) is 14.0. The van der Waals surface area contributed by atoms with Crippen LogP contribution in [-0.4, -0.2) is 103 Å². The van der Waals surface area contributed by atoms with E-state index in [4.69, 9.17) is 35.4 Å². The lowest BCUT2D eigenvalue weighted by molar-refractivity contribution is -0.193. The number of aryl methyl sites for hydroxylation is 1. The van der Waals surface area contributed by atoms with Gasteiger partial charge in [0.05, 0.1) is 24.2 Å². The van der Waals surface area contributed by atoms with Crippen LogP contribution in [0.5, 0.6) is 0 Å². The lowest BCUT2D eigenvalue weighted by atomic mass is 9.71. The quantitative estimate of drug-likeness (QED) is 0.310. The minimum absolute atomic E-state index is 0.194. The highest BCUT2D eigenvalue weighted by atomic mass is 19.4. The van der Waals surface area contributed by atoms with Crippen molar-refractivity contribution < 1.29 is 82.8 Å². The molecule has 0 radical (unpaired) electrons. The largest absolute Gasteiger partial charge is 0.490 e. The lowest BCUT2D eigenvalue weighted by Crippen LogP contribution is -2.60. The monoisotopic (exact) mass is 757 g/mol. The molecule has 2 aromatic rings. The second-order valence-corrected chi connectivity index (χ2v) is 11.0. The third-order valence-corrected chi connectivity index (χ3v) is 6.75. The van der Waals surface area contributed by atoms with Crippen LogP contribution in [0.1, 0.15) is 36.2 Å². The molecule has 1 amide bonds. The van der Waals surface area contributed by atoms with Crippen LogP contribution in [0.2, 0.25) is 0 Å². The van der Waals surface area contributed by atoms with Crippen molar-refractivity contribution in [3.05, 3.63) is 53.5 Å². The second kappa shape index (κ2) is 17.4. The summed E-state index contributed by atoms with van der Waals surface area (Å²) in [5.74, 6) is -11.1. The molecule has 2 saturated heterocycles. The predicted molar refractivity (Wildman–Crippen MR) is 151 cm³/mol. The van der Waals surface area contributed by atoms with Gasteiger partial charge in [0.15, 0.2) is 0 Å². The molecule has 23 heteroatoms. The summed E-state index contributed by atoms with van der Waals surface area (Å²) in [7, 11) is 0. The second-order valence-electron chi connectivity index (χ2n) is 11.0. The van der Waals surface area contributed by atoms with Crippen LogP contribution in [0.4, 0.5) is 54.1 Å². The number of hydrogen-bond donors (Lipinski definition) is 4. The van der Waals surface area contributed by atoms with E-state index in [2.05, 4.69) is 9.97 Å². The molecule has 2 fully saturated rings. The van der Waals surface area contributed by atoms with Crippen LogP contribution < -0.4 is 5.73 Å². The van der Waals surface area contributed by atoms with Crippen LogP contribution in [0.3, 0.4) is 0 Å². The number of nitrogens with two attached hydrogens (primary N) is 1. The van der Waals surface area contributed by atoms with Crippen LogP contribution in [-0.2, 0) is 32.3 Å². The molecule has 51 heavy (non-hydrogen) atoms. The van der Waals surface area contributed by atoms with Gasteiger partial charge in [-0.15, -0.1) is 0 Å². The van der Waals surface area contributed by atoms with Gasteiger partial charge in [-0.3, -0.25) is 14.7 Å². The molecule has 0 aromatic carbocycles. The number of carbonyl (C=O) groups is 4. The average Bonchev–Trinajstić information content (AvgIpc) is 2.95. The number of nitrogen functional groups attached to an aromatic ring is 1. The van der Waals surface area contributed by atoms with Gasteiger partial charge in [0.25, 0.3) is 5.92 Å². The molecule has 1 unspecified atom stereocenters. The number of piperidine rings is 2. The standard InChI is InChI=1S/C22H27F2N5O.3C2HF3O2/c1-16-5-2-7-18(27-16)12-29-10-4-8-21(20(29)30)13-22(23,24)15-28(14-21)11-17-6-3-9-26-19(17)25;3*3-2(4,5)1(6)7/h2-3,5-7,9H,4,8,10-15H2,1H3,(H2,25,26);3*(H,6,7). The van der Waals surface area contributed by atoms with Gasteiger partial charge < -0.3 is 26.0 Å².